The van der Waals surface area contributed by atoms with E-state index >= 15 is 0 Å². The maximum absolute atomic E-state index is 13.7. The summed E-state index contributed by atoms with van der Waals surface area (Å²) in [5, 5.41) is 8.75. The second kappa shape index (κ2) is 11.0. The fourth-order valence-corrected chi connectivity index (χ4v) is 4.58. The van der Waals surface area contributed by atoms with Gasteiger partial charge in [-0.1, -0.05) is 23.8 Å². The van der Waals surface area contributed by atoms with Gasteiger partial charge in [0, 0.05) is 39.3 Å². The number of fused-ring (bicyclic) bond motifs is 1. The largest absolute Gasteiger partial charge is 0.482 e. The Morgan fingerprint density at radius 3 is 2.59 bits per heavy atom. The van der Waals surface area contributed by atoms with E-state index in [4.69, 9.17) is 20.6 Å². The molecule has 1 saturated heterocycles. The summed E-state index contributed by atoms with van der Waals surface area (Å²) >= 11 is 0. The zero-order chi connectivity index (χ0) is 26.7. The minimum atomic E-state index is -1.05. The first-order valence-electron chi connectivity index (χ1n) is 12.4. The number of carboxylic acid groups (broad SMARTS) is 1. The number of carbonyl (C=O) groups is 1. The van der Waals surface area contributed by atoms with E-state index in [0.29, 0.717) is 42.4 Å². The van der Waals surface area contributed by atoms with Crippen LogP contribution in [0.2, 0.25) is 0 Å². The number of ether oxygens (including phenoxy) is 1. The molecule has 1 aliphatic heterocycles. The molecule has 0 saturated carbocycles. The number of aryl methyl sites for hydroxylation is 2. The van der Waals surface area contributed by atoms with Gasteiger partial charge in [-0.15, -0.1) is 0 Å². The van der Waals surface area contributed by atoms with Crippen LogP contribution in [-0.4, -0.2) is 55.5 Å². The Balaban J connectivity index is 1.70. The number of hydrogen-bond donors (Lipinski definition) is 2. The smallest absolute Gasteiger partial charge is 0.341 e. The van der Waals surface area contributed by atoms with Gasteiger partial charge in [0.1, 0.15) is 5.75 Å². The second-order valence-electron chi connectivity index (χ2n) is 9.70. The van der Waals surface area contributed by atoms with E-state index in [9.17, 15) is 14.4 Å². The Hall–Kier alpha value is -3.86. The van der Waals surface area contributed by atoms with E-state index in [2.05, 4.69) is 4.90 Å². The van der Waals surface area contributed by atoms with Crippen molar-refractivity contribution >= 4 is 23.1 Å². The standard InChI is InChI=1S/C26H34N6O5/c1-17(2)10-13-31-22-23(28-25(31)30-12-4-5-19(27)15-30)29(3)26(36)32(24(22)35)14-11-18-6-8-20(9-7-18)37-16-21(33)34/h6-10,19H,4-5,11-16,27H2,1-3H3,(H,33,34). The molecule has 37 heavy (non-hydrogen) atoms. The van der Waals surface area contributed by atoms with Crippen molar-refractivity contribution in [2.45, 2.75) is 52.2 Å². The lowest BCUT2D eigenvalue weighted by atomic mass is 10.1. The summed E-state index contributed by atoms with van der Waals surface area (Å²) in [5.74, 6) is 0.0445. The van der Waals surface area contributed by atoms with Crippen molar-refractivity contribution in [2.24, 2.45) is 12.8 Å². The maximum Gasteiger partial charge on any atom is 0.341 e. The molecule has 0 amide bonds. The summed E-state index contributed by atoms with van der Waals surface area (Å²) < 4.78 is 9.75. The molecule has 1 aromatic carbocycles. The van der Waals surface area contributed by atoms with E-state index < -0.39 is 18.3 Å². The number of nitrogens with two attached hydrogens (primary N) is 1. The Bertz CT molecular complexity index is 1430. The Morgan fingerprint density at radius 2 is 1.95 bits per heavy atom. The second-order valence-corrected chi connectivity index (χ2v) is 9.70. The first-order valence-corrected chi connectivity index (χ1v) is 12.4. The van der Waals surface area contributed by atoms with E-state index in [-0.39, 0.29) is 18.1 Å². The molecule has 1 atom stereocenters. The van der Waals surface area contributed by atoms with Crippen LogP contribution in [0, 0.1) is 0 Å². The molecule has 0 spiro atoms. The van der Waals surface area contributed by atoms with Gasteiger partial charge in [0.2, 0.25) is 5.95 Å². The van der Waals surface area contributed by atoms with Crippen LogP contribution in [0.4, 0.5) is 5.95 Å². The molecule has 11 nitrogen and oxygen atoms in total. The zero-order valence-electron chi connectivity index (χ0n) is 21.5. The number of aliphatic carboxylic acids is 1. The summed E-state index contributed by atoms with van der Waals surface area (Å²) in [6.45, 7) is 5.67. The predicted octanol–water partition coefficient (Wildman–Crippen LogP) is 1.50. The summed E-state index contributed by atoms with van der Waals surface area (Å²) in [6, 6.07) is 6.97. The zero-order valence-corrected chi connectivity index (χ0v) is 21.5. The molecule has 2 aromatic heterocycles. The highest BCUT2D eigenvalue weighted by molar-refractivity contribution is 5.74. The first kappa shape index (κ1) is 26.2. The van der Waals surface area contributed by atoms with E-state index in [1.807, 2.05) is 24.5 Å². The number of carboxylic acids is 1. The van der Waals surface area contributed by atoms with Crippen LogP contribution >= 0.6 is 0 Å². The van der Waals surface area contributed by atoms with Gasteiger partial charge in [-0.3, -0.25) is 13.9 Å². The third-order valence-electron chi connectivity index (χ3n) is 6.54. The Morgan fingerprint density at radius 1 is 1.22 bits per heavy atom. The fourth-order valence-electron chi connectivity index (χ4n) is 4.58. The van der Waals surface area contributed by atoms with Crippen molar-refractivity contribution in [3.05, 3.63) is 62.3 Å². The quantitative estimate of drug-likeness (QED) is 0.413. The SMILES string of the molecule is CC(C)=CCn1c(N2CCCC(N)C2)nc2c1c(=O)n(CCc1ccc(OCC(=O)O)cc1)c(=O)n2C. The monoisotopic (exact) mass is 510 g/mol. The van der Waals surface area contributed by atoms with Crippen LogP contribution in [0.25, 0.3) is 11.2 Å². The lowest BCUT2D eigenvalue weighted by Crippen LogP contribution is -2.44. The van der Waals surface area contributed by atoms with Crippen molar-refractivity contribution in [1.29, 1.82) is 0 Å². The summed E-state index contributed by atoms with van der Waals surface area (Å²) in [7, 11) is 1.64. The fraction of sp³-hybridized carbons (Fsp3) is 0.462. The summed E-state index contributed by atoms with van der Waals surface area (Å²) in [5.41, 5.74) is 8.19. The molecule has 1 fully saturated rings. The van der Waals surface area contributed by atoms with Gasteiger partial charge in [-0.25, -0.2) is 9.59 Å². The van der Waals surface area contributed by atoms with E-state index in [1.54, 1.807) is 31.3 Å². The highest BCUT2D eigenvalue weighted by atomic mass is 16.5. The van der Waals surface area contributed by atoms with Crippen LogP contribution in [0.15, 0.2) is 45.5 Å². The molecule has 0 aliphatic carbocycles. The van der Waals surface area contributed by atoms with Gasteiger partial charge in [0.05, 0.1) is 0 Å². The number of hydrogen-bond acceptors (Lipinski definition) is 7. The lowest BCUT2D eigenvalue weighted by molar-refractivity contribution is -0.139. The molecule has 11 heteroatoms. The van der Waals surface area contributed by atoms with Crippen LogP contribution in [0.1, 0.15) is 32.3 Å². The third kappa shape index (κ3) is 5.77. The third-order valence-corrected chi connectivity index (χ3v) is 6.54. The molecule has 198 valence electrons. The molecular weight excluding hydrogens is 476 g/mol. The highest BCUT2D eigenvalue weighted by Gasteiger charge is 2.26. The molecule has 1 aliphatic rings. The van der Waals surface area contributed by atoms with Crippen LogP contribution < -0.4 is 26.6 Å². The highest BCUT2D eigenvalue weighted by Crippen LogP contribution is 2.23. The number of anilines is 1. The van der Waals surface area contributed by atoms with Gasteiger partial charge in [0.25, 0.3) is 5.56 Å². The van der Waals surface area contributed by atoms with Gasteiger partial charge >= 0.3 is 11.7 Å². The average Bonchev–Trinajstić information content (AvgIpc) is 3.25. The summed E-state index contributed by atoms with van der Waals surface area (Å²) in [4.78, 5) is 44.5. The van der Waals surface area contributed by atoms with Crippen LogP contribution in [-0.2, 0) is 31.4 Å². The number of nitrogens with zero attached hydrogens (tertiary/aromatic N) is 5. The van der Waals surface area contributed by atoms with E-state index in [0.717, 1.165) is 30.5 Å². The first-order chi connectivity index (χ1) is 17.7. The molecular formula is C26H34N6O5. The Labute approximate surface area is 214 Å². The van der Waals surface area contributed by atoms with E-state index in [1.165, 1.54) is 9.13 Å². The maximum atomic E-state index is 13.7. The number of allylic oxidation sites excluding steroid dienone is 2. The molecule has 0 radical (unpaired) electrons. The van der Waals surface area contributed by atoms with Crippen molar-refractivity contribution in [1.82, 2.24) is 18.7 Å². The normalized spacial score (nSPS) is 15.7. The molecule has 1 unspecified atom stereocenters. The Kier molecular flexibility index (Phi) is 7.82. The van der Waals surface area contributed by atoms with Gasteiger partial charge in [-0.2, -0.15) is 4.98 Å². The van der Waals surface area contributed by atoms with Crippen molar-refractivity contribution in [3.63, 3.8) is 0 Å². The minimum absolute atomic E-state index is 0.0341. The number of benzene rings is 1. The van der Waals surface area contributed by atoms with Crippen LogP contribution in [0.5, 0.6) is 5.75 Å². The van der Waals surface area contributed by atoms with Gasteiger partial charge in [-0.05, 0) is 50.8 Å². The van der Waals surface area contributed by atoms with Crippen molar-refractivity contribution in [3.8, 4) is 5.75 Å². The molecule has 0 bridgehead atoms. The van der Waals surface area contributed by atoms with Crippen molar-refractivity contribution in [2.75, 3.05) is 24.6 Å². The van der Waals surface area contributed by atoms with Gasteiger partial charge < -0.3 is 25.0 Å². The average molecular weight is 511 g/mol. The number of piperidine rings is 1. The number of rotatable bonds is 9. The lowest BCUT2D eigenvalue weighted by Gasteiger charge is -2.31. The van der Waals surface area contributed by atoms with Crippen LogP contribution in [0.3, 0.4) is 0 Å². The minimum Gasteiger partial charge on any atom is -0.482 e. The number of aromatic nitrogens is 4. The molecule has 3 aromatic rings. The molecule has 4 rings (SSSR count). The van der Waals surface area contributed by atoms with Gasteiger partial charge in [0.15, 0.2) is 17.8 Å². The molecule has 3 heterocycles. The predicted molar refractivity (Wildman–Crippen MR) is 141 cm³/mol. The number of imidazole rings is 1. The van der Waals surface area contributed by atoms with Crippen molar-refractivity contribution < 1.29 is 14.6 Å². The topological polar surface area (TPSA) is 138 Å². The molecule has 3 N–H and O–H groups in total. The summed E-state index contributed by atoms with van der Waals surface area (Å²) in [6.07, 6.45) is 4.37.